The maximum absolute atomic E-state index is 13.8. The summed E-state index contributed by atoms with van der Waals surface area (Å²) in [5, 5.41) is 23.4. The third-order valence-electron chi connectivity index (χ3n) is 6.09. The molecule has 6 rings (SSSR count). The summed E-state index contributed by atoms with van der Waals surface area (Å²) in [6.45, 7) is 0. The lowest BCUT2D eigenvalue weighted by molar-refractivity contribution is 0.105. The second kappa shape index (κ2) is 10.0. The molecule has 4 nitrogen and oxygen atoms in total. The van der Waals surface area contributed by atoms with Crippen molar-refractivity contribution in [2.45, 2.75) is 19.6 Å². The number of hydrogen-bond acceptors (Lipinski definition) is 6. The summed E-state index contributed by atoms with van der Waals surface area (Å²) in [5.74, 6) is -1.06. The third-order valence-corrected chi connectivity index (χ3v) is 9.42. The predicted octanol–water partition coefficient (Wildman–Crippen LogP) is 9.17. The number of aromatic nitrogens is 1. The van der Waals surface area contributed by atoms with Gasteiger partial charge in [-0.15, -0.1) is 0 Å². The Morgan fingerprint density at radius 2 is 1.26 bits per heavy atom. The Kier molecular flexibility index (Phi) is 6.58. The van der Waals surface area contributed by atoms with Crippen LogP contribution in [0.5, 0.6) is 5.75 Å². The molecule has 0 radical (unpaired) electrons. The van der Waals surface area contributed by atoms with Crippen molar-refractivity contribution < 1.29 is 15.0 Å². The second-order valence-electron chi connectivity index (χ2n) is 8.47. The Balaban J connectivity index is 1.61. The van der Waals surface area contributed by atoms with Gasteiger partial charge in [0.05, 0.1) is 26.7 Å². The fourth-order valence-corrected chi connectivity index (χ4v) is 7.23. The Bertz CT molecular complexity index is 1770. The van der Waals surface area contributed by atoms with E-state index in [1.165, 1.54) is 29.6 Å². The van der Waals surface area contributed by atoms with Crippen LogP contribution in [-0.2, 0) is 0 Å². The van der Waals surface area contributed by atoms with Crippen molar-refractivity contribution in [3.8, 4) is 5.75 Å². The molecular formula is C30H17Cl2NO3S2. The lowest BCUT2D eigenvalue weighted by Crippen LogP contribution is -2.03. The first-order chi connectivity index (χ1) is 18.4. The highest BCUT2D eigenvalue weighted by Crippen LogP contribution is 2.54. The summed E-state index contributed by atoms with van der Waals surface area (Å²) in [6, 6.07) is 28.0. The number of benzene rings is 4. The topological polar surface area (TPSA) is 70.4 Å². The number of aliphatic hydroxyl groups is 1. The van der Waals surface area contributed by atoms with Gasteiger partial charge in [-0.25, -0.2) is 4.98 Å². The lowest BCUT2D eigenvalue weighted by atomic mass is 10.0. The highest BCUT2D eigenvalue weighted by Gasteiger charge is 2.40. The number of Topliss-reactive ketones (excluding diaryl/α,β-unsaturated/α-hetero) is 1. The zero-order chi connectivity index (χ0) is 26.4. The molecule has 1 aliphatic rings. The van der Waals surface area contributed by atoms with Crippen molar-refractivity contribution >= 4 is 74.7 Å². The maximum atomic E-state index is 13.8. The fourth-order valence-electron chi connectivity index (χ4n) is 4.35. The molecule has 0 saturated carbocycles. The molecule has 186 valence electrons. The minimum Gasteiger partial charge on any atom is -0.506 e. The van der Waals surface area contributed by atoms with Crippen molar-refractivity contribution in [3.05, 3.63) is 118 Å². The minimum absolute atomic E-state index is 0.0116. The van der Waals surface area contributed by atoms with Crippen molar-refractivity contribution in [1.29, 1.82) is 0 Å². The van der Waals surface area contributed by atoms with E-state index in [0.717, 1.165) is 9.79 Å². The number of halogens is 2. The molecule has 8 heteroatoms. The summed E-state index contributed by atoms with van der Waals surface area (Å²) >= 11 is 16.3. The fraction of sp³-hybridized carbons (Fsp3) is 0. The molecular weight excluding hydrogens is 557 g/mol. The average Bonchev–Trinajstić information content (AvgIpc) is 3.19. The molecule has 0 fully saturated rings. The van der Waals surface area contributed by atoms with Crippen LogP contribution in [0.25, 0.3) is 22.2 Å². The first-order valence-electron chi connectivity index (χ1n) is 11.5. The Hall–Kier alpha value is -3.42. The standard InChI is InChI=1S/C30H17Cl2NO3S2/c31-24-21-22(28(36)23(27(21)35)26-20(34)15-16-9-7-8-14-19(16)33-26)29(37-17-10-3-1-4-11-17)30(25(24)32)38-18-12-5-2-6-13-18/h1-15,34,36H. The van der Waals surface area contributed by atoms with E-state index >= 15 is 0 Å². The van der Waals surface area contributed by atoms with E-state index in [1.54, 1.807) is 6.07 Å². The Morgan fingerprint density at radius 1 is 0.684 bits per heavy atom. The van der Waals surface area contributed by atoms with E-state index in [0.29, 0.717) is 20.7 Å². The molecule has 4 aromatic carbocycles. The lowest BCUT2D eigenvalue weighted by Gasteiger charge is -2.17. The number of carbonyl (C=O) groups is 1. The number of aromatic hydroxyl groups is 1. The van der Waals surface area contributed by atoms with E-state index in [2.05, 4.69) is 4.98 Å². The van der Waals surface area contributed by atoms with Gasteiger partial charge in [0, 0.05) is 30.5 Å². The predicted molar refractivity (Wildman–Crippen MR) is 155 cm³/mol. The molecule has 1 heterocycles. The van der Waals surface area contributed by atoms with E-state index < -0.39 is 5.78 Å². The number of aliphatic hydroxyl groups excluding tert-OH is 1. The van der Waals surface area contributed by atoms with Gasteiger partial charge in [0.25, 0.3) is 0 Å². The summed E-state index contributed by atoms with van der Waals surface area (Å²) in [6.07, 6.45) is 0. The van der Waals surface area contributed by atoms with Crippen LogP contribution in [0.3, 0.4) is 0 Å². The van der Waals surface area contributed by atoms with E-state index in [1.807, 2.05) is 78.9 Å². The van der Waals surface area contributed by atoms with Crippen molar-refractivity contribution in [3.63, 3.8) is 0 Å². The van der Waals surface area contributed by atoms with Crippen LogP contribution in [0.1, 0.15) is 21.6 Å². The first-order valence-corrected chi connectivity index (χ1v) is 13.9. The molecule has 5 aromatic rings. The van der Waals surface area contributed by atoms with Gasteiger partial charge in [-0.1, -0.05) is 101 Å². The van der Waals surface area contributed by atoms with Crippen molar-refractivity contribution in [1.82, 2.24) is 4.98 Å². The number of pyridine rings is 1. The molecule has 0 unspecified atom stereocenters. The number of ketones is 1. The number of carbonyl (C=O) groups excluding carboxylic acids is 1. The molecule has 0 saturated heterocycles. The quantitative estimate of drug-likeness (QED) is 0.218. The van der Waals surface area contributed by atoms with Gasteiger partial charge in [-0.3, -0.25) is 4.79 Å². The molecule has 0 aliphatic heterocycles. The van der Waals surface area contributed by atoms with Crippen LogP contribution < -0.4 is 0 Å². The van der Waals surface area contributed by atoms with E-state index in [9.17, 15) is 15.0 Å². The monoisotopic (exact) mass is 573 g/mol. The number of fused-ring (bicyclic) bond motifs is 2. The molecule has 38 heavy (non-hydrogen) atoms. The maximum Gasteiger partial charge on any atom is 0.201 e. The molecule has 0 atom stereocenters. The average molecular weight is 575 g/mol. The molecule has 0 bridgehead atoms. The van der Waals surface area contributed by atoms with Crippen LogP contribution in [-0.4, -0.2) is 21.0 Å². The van der Waals surface area contributed by atoms with Gasteiger partial charge in [-0.2, -0.15) is 0 Å². The minimum atomic E-state index is -0.548. The molecule has 1 aromatic heterocycles. The Morgan fingerprint density at radius 3 is 1.92 bits per heavy atom. The third kappa shape index (κ3) is 4.24. The van der Waals surface area contributed by atoms with Gasteiger partial charge in [0.1, 0.15) is 17.2 Å². The highest BCUT2D eigenvalue weighted by atomic mass is 35.5. The summed E-state index contributed by atoms with van der Waals surface area (Å²) in [4.78, 5) is 21.4. The van der Waals surface area contributed by atoms with Crippen LogP contribution >= 0.6 is 46.7 Å². The molecule has 2 N–H and O–H groups in total. The highest BCUT2D eigenvalue weighted by molar-refractivity contribution is 8.02. The SMILES string of the molecule is O=C1C(c2nc3ccccc3cc2O)=C(O)c2c(Sc3ccccc3)c(Sc3ccccc3)c(Cl)c(Cl)c21. The number of rotatable bonds is 5. The van der Waals surface area contributed by atoms with Crippen LogP contribution in [0.15, 0.2) is 111 Å². The van der Waals surface area contributed by atoms with Crippen LogP contribution in [0, 0.1) is 0 Å². The summed E-state index contributed by atoms with van der Waals surface area (Å²) < 4.78 is 0. The number of para-hydroxylation sites is 1. The largest absolute Gasteiger partial charge is 0.506 e. The first kappa shape index (κ1) is 24.9. The summed E-state index contributed by atoms with van der Waals surface area (Å²) in [7, 11) is 0. The van der Waals surface area contributed by atoms with Crippen molar-refractivity contribution in [2.75, 3.05) is 0 Å². The smallest absolute Gasteiger partial charge is 0.201 e. The van der Waals surface area contributed by atoms with Crippen LogP contribution in [0.4, 0.5) is 0 Å². The number of allylic oxidation sites excluding steroid dienone is 1. The van der Waals surface area contributed by atoms with E-state index in [4.69, 9.17) is 23.2 Å². The number of nitrogens with zero attached hydrogens (tertiary/aromatic N) is 1. The van der Waals surface area contributed by atoms with Gasteiger partial charge < -0.3 is 10.2 Å². The van der Waals surface area contributed by atoms with Crippen molar-refractivity contribution in [2.24, 2.45) is 0 Å². The zero-order valence-electron chi connectivity index (χ0n) is 19.5. The second-order valence-corrected chi connectivity index (χ2v) is 11.4. The van der Waals surface area contributed by atoms with Gasteiger partial charge in [-0.05, 0) is 36.4 Å². The summed E-state index contributed by atoms with van der Waals surface area (Å²) in [5.41, 5.74) is 0.823. The molecule has 0 spiro atoms. The molecule has 1 aliphatic carbocycles. The normalized spacial score (nSPS) is 12.8. The molecule has 0 amide bonds. The van der Waals surface area contributed by atoms with Crippen LogP contribution in [0.2, 0.25) is 10.0 Å². The zero-order valence-corrected chi connectivity index (χ0v) is 22.6. The van der Waals surface area contributed by atoms with E-state index in [-0.39, 0.29) is 43.9 Å². The van der Waals surface area contributed by atoms with Gasteiger partial charge >= 0.3 is 0 Å². The van der Waals surface area contributed by atoms with Gasteiger partial charge in [0.2, 0.25) is 5.78 Å². The Labute approximate surface area is 237 Å². The van der Waals surface area contributed by atoms with Gasteiger partial charge in [0.15, 0.2) is 0 Å². The number of hydrogen-bond donors (Lipinski definition) is 2.